The van der Waals surface area contributed by atoms with Gasteiger partial charge in [0, 0.05) is 20.1 Å². The molecule has 0 aliphatic heterocycles. The van der Waals surface area contributed by atoms with E-state index in [1.54, 1.807) is 7.05 Å². The van der Waals surface area contributed by atoms with Crippen molar-refractivity contribution in [2.45, 2.75) is 4.90 Å². The maximum absolute atomic E-state index is 12.2. The fraction of sp³-hybridized carbons (Fsp3) is 0.417. The van der Waals surface area contributed by atoms with Crippen LogP contribution in [0.5, 0.6) is 0 Å². The third-order valence-corrected chi connectivity index (χ3v) is 4.41. The molecule has 1 aromatic rings. The van der Waals surface area contributed by atoms with Crippen LogP contribution < -0.4 is 0 Å². The van der Waals surface area contributed by atoms with Crippen molar-refractivity contribution < 1.29 is 8.42 Å². The minimum atomic E-state index is -3.46. The molecule has 0 aromatic heterocycles. The minimum absolute atomic E-state index is 0.219. The molecule has 0 aliphatic carbocycles. The summed E-state index contributed by atoms with van der Waals surface area (Å²) >= 11 is 0. The van der Waals surface area contributed by atoms with Crippen LogP contribution in [0.2, 0.25) is 0 Å². The highest BCUT2D eigenvalue weighted by Gasteiger charge is 2.20. The van der Waals surface area contributed by atoms with E-state index in [4.69, 9.17) is 6.57 Å². The Labute approximate surface area is 109 Å². The molecular formula is C12H17N3O2S. The summed E-state index contributed by atoms with van der Waals surface area (Å²) in [5.41, 5.74) is 0.435. The van der Waals surface area contributed by atoms with Gasteiger partial charge in [-0.15, -0.1) is 0 Å². The van der Waals surface area contributed by atoms with Crippen LogP contribution >= 0.6 is 0 Å². The second-order valence-corrected chi connectivity index (χ2v) is 6.28. The van der Waals surface area contributed by atoms with E-state index in [9.17, 15) is 8.42 Å². The SMILES string of the molecule is [C-]#[N+]c1ccc(S(=O)(=O)N(C)CCN(C)C)cc1. The lowest BCUT2D eigenvalue weighted by molar-refractivity contribution is 0.358. The molecule has 0 heterocycles. The van der Waals surface area contributed by atoms with Crippen LogP contribution in [0, 0.1) is 6.57 Å². The van der Waals surface area contributed by atoms with Crippen molar-refractivity contribution in [2.75, 3.05) is 34.2 Å². The predicted molar refractivity (Wildman–Crippen MR) is 71.1 cm³/mol. The number of hydrogen-bond acceptors (Lipinski definition) is 3. The number of benzene rings is 1. The van der Waals surface area contributed by atoms with Crippen molar-refractivity contribution in [2.24, 2.45) is 0 Å². The Morgan fingerprint density at radius 1 is 1.11 bits per heavy atom. The van der Waals surface area contributed by atoms with Crippen LogP contribution in [0.1, 0.15) is 0 Å². The molecule has 1 aromatic carbocycles. The lowest BCUT2D eigenvalue weighted by Gasteiger charge is -2.19. The van der Waals surface area contributed by atoms with E-state index in [0.29, 0.717) is 18.8 Å². The first kappa shape index (κ1) is 14.6. The molecule has 0 unspecified atom stereocenters. The van der Waals surface area contributed by atoms with Gasteiger partial charge < -0.3 is 4.90 Å². The van der Waals surface area contributed by atoms with Crippen molar-refractivity contribution in [1.29, 1.82) is 0 Å². The van der Waals surface area contributed by atoms with E-state index in [2.05, 4.69) is 4.85 Å². The molecule has 18 heavy (non-hydrogen) atoms. The van der Waals surface area contributed by atoms with E-state index in [0.717, 1.165) is 0 Å². The Balaban J connectivity index is 2.88. The highest BCUT2D eigenvalue weighted by molar-refractivity contribution is 7.89. The van der Waals surface area contributed by atoms with E-state index in [-0.39, 0.29) is 4.90 Å². The van der Waals surface area contributed by atoms with Crippen LogP contribution in [-0.2, 0) is 10.0 Å². The zero-order valence-electron chi connectivity index (χ0n) is 10.8. The van der Waals surface area contributed by atoms with Crippen molar-refractivity contribution in [3.05, 3.63) is 35.7 Å². The van der Waals surface area contributed by atoms with E-state index >= 15 is 0 Å². The Morgan fingerprint density at radius 3 is 2.11 bits per heavy atom. The number of likely N-dealkylation sites (N-methyl/N-ethyl adjacent to an activating group) is 2. The molecule has 0 spiro atoms. The lowest BCUT2D eigenvalue weighted by Crippen LogP contribution is -2.33. The zero-order valence-corrected chi connectivity index (χ0v) is 11.6. The fourth-order valence-electron chi connectivity index (χ4n) is 1.33. The Morgan fingerprint density at radius 2 is 1.67 bits per heavy atom. The average molecular weight is 267 g/mol. The topological polar surface area (TPSA) is 45.0 Å². The van der Waals surface area contributed by atoms with Crippen molar-refractivity contribution in [1.82, 2.24) is 9.21 Å². The summed E-state index contributed by atoms with van der Waals surface area (Å²) in [6.07, 6.45) is 0. The molecule has 1 rings (SSSR count). The molecule has 0 amide bonds. The second kappa shape index (κ2) is 5.96. The summed E-state index contributed by atoms with van der Waals surface area (Å²) in [5.74, 6) is 0. The van der Waals surface area contributed by atoms with Crippen molar-refractivity contribution in [3.63, 3.8) is 0 Å². The first-order valence-electron chi connectivity index (χ1n) is 5.46. The Hall–Kier alpha value is -1.42. The van der Waals surface area contributed by atoms with Gasteiger partial charge in [-0.25, -0.2) is 13.3 Å². The van der Waals surface area contributed by atoms with E-state index in [1.165, 1.54) is 28.6 Å². The Bertz CT molecular complexity index is 529. The third-order valence-electron chi connectivity index (χ3n) is 2.54. The summed E-state index contributed by atoms with van der Waals surface area (Å²) in [7, 11) is 1.89. The summed E-state index contributed by atoms with van der Waals surface area (Å²) in [6.45, 7) is 7.92. The van der Waals surface area contributed by atoms with Gasteiger partial charge in [0.05, 0.1) is 11.5 Å². The van der Waals surface area contributed by atoms with Gasteiger partial charge in [-0.3, -0.25) is 0 Å². The molecule has 0 N–H and O–H groups in total. The molecule has 0 radical (unpaired) electrons. The molecule has 0 bridgehead atoms. The molecule has 0 saturated carbocycles. The normalized spacial score (nSPS) is 11.8. The van der Waals surface area contributed by atoms with Gasteiger partial charge in [-0.1, -0.05) is 24.3 Å². The molecule has 0 fully saturated rings. The van der Waals surface area contributed by atoms with Crippen LogP contribution in [0.3, 0.4) is 0 Å². The van der Waals surface area contributed by atoms with Gasteiger partial charge in [0.25, 0.3) is 0 Å². The summed E-state index contributed by atoms with van der Waals surface area (Å²) in [5, 5.41) is 0. The highest BCUT2D eigenvalue weighted by Crippen LogP contribution is 2.18. The molecular weight excluding hydrogens is 250 g/mol. The standard InChI is InChI=1S/C12H17N3O2S/c1-13-11-5-7-12(8-6-11)18(16,17)15(4)10-9-14(2)3/h5-8H,9-10H2,2-4H3. The van der Waals surface area contributed by atoms with Gasteiger partial charge in [0.15, 0.2) is 5.69 Å². The molecule has 0 saturated heterocycles. The summed E-state index contributed by atoms with van der Waals surface area (Å²) in [6, 6.07) is 5.96. The van der Waals surface area contributed by atoms with Gasteiger partial charge >= 0.3 is 0 Å². The number of hydrogen-bond donors (Lipinski definition) is 0. The fourth-order valence-corrected chi connectivity index (χ4v) is 2.50. The highest BCUT2D eigenvalue weighted by atomic mass is 32.2. The van der Waals surface area contributed by atoms with Gasteiger partial charge in [0.2, 0.25) is 10.0 Å². The minimum Gasteiger partial charge on any atom is -0.308 e. The summed E-state index contributed by atoms with van der Waals surface area (Å²) < 4.78 is 25.7. The smallest absolute Gasteiger partial charge is 0.242 e. The lowest BCUT2D eigenvalue weighted by atomic mass is 10.3. The predicted octanol–water partition coefficient (Wildman–Crippen LogP) is 1.42. The maximum atomic E-state index is 12.2. The molecule has 0 aliphatic rings. The van der Waals surface area contributed by atoms with E-state index in [1.807, 2.05) is 19.0 Å². The monoisotopic (exact) mass is 267 g/mol. The maximum Gasteiger partial charge on any atom is 0.242 e. The van der Waals surface area contributed by atoms with Crippen molar-refractivity contribution >= 4 is 15.7 Å². The first-order chi connectivity index (χ1) is 8.37. The first-order valence-corrected chi connectivity index (χ1v) is 6.90. The van der Waals surface area contributed by atoms with Crippen LogP contribution in [0.15, 0.2) is 29.2 Å². The van der Waals surface area contributed by atoms with Crippen molar-refractivity contribution in [3.8, 4) is 0 Å². The molecule has 6 heteroatoms. The van der Waals surface area contributed by atoms with Gasteiger partial charge in [-0.2, -0.15) is 4.31 Å². The second-order valence-electron chi connectivity index (χ2n) is 4.24. The molecule has 0 atom stereocenters. The van der Waals surface area contributed by atoms with Crippen LogP contribution in [0.25, 0.3) is 4.85 Å². The van der Waals surface area contributed by atoms with Crippen LogP contribution in [-0.4, -0.2) is 51.9 Å². The molecule has 5 nitrogen and oxygen atoms in total. The van der Waals surface area contributed by atoms with Gasteiger partial charge in [0.1, 0.15) is 0 Å². The average Bonchev–Trinajstić information content (AvgIpc) is 2.35. The summed E-state index contributed by atoms with van der Waals surface area (Å²) in [4.78, 5) is 5.38. The largest absolute Gasteiger partial charge is 0.308 e. The number of nitrogens with zero attached hydrogens (tertiary/aromatic N) is 3. The number of rotatable bonds is 5. The van der Waals surface area contributed by atoms with E-state index < -0.39 is 10.0 Å². The van der Waals surface area contributed by atoms with Crippen LogP contribution in [0.4, 0.5) is 5.69 Å². The quantitative estimate of drug-likeness (QED) is 0.758. The van der Waals surface area contributed by atoms with Gasteiger partial charge in [-0.05, 0) is 14.1 Å². The zero-order chi connectivity index (χ0) is 13.8. The number of sulfonamides is 1. The third kappa shape index (κ3) is 3.53. The Kier molecular flexibility index (Phi) is 4.84. The molecule has 98 valence electrons.